The molecule has 0 bridgehead atoms. The zero-order valence-electron chi connectivity index (χ0n) is 11.1. The summed E-state index contributed by atoms with van der Waals surface area (Å²) in [5, 5.41) is 12.0. The van der Waals surface area contributed by atoms with Crippen LogP contribution in [0.4, 0.5) is 4.79 Å². The van der Waals surface area contributed by atoms with Gasteiger partial charge in [-0.3, -0.25) is 4.79 Å². The molecule has 1 unspecified atom stereocenters. The number of rotatable bonds is 4. The average molecular weight is 287 g/mol. The van der Waals surface area contributed by atoms with Crippen molar-refractivity contribution in [3.8, 4) is 0 Å². The molecule has 2 atom stereocenters. The third kappa shape index (κ3) is 3.36. The maximum absolute atomic E-state index is 12.2. The van der Waals surface area contributed by atoms with Gasteiger partial charge in [0, 0.05) is 12.8 Å². The summed E-state index contributed by atoms with van der Waals surface area (Å²) in [5.74, 6) is -0.509. The lowest BCUT2D eigenvalue weighted by atomic mass is 10.2. The fourth-order valence-corrected chi connectivity index (χ4v) is 2.72. The normalized spacial score (nSPS) is 25.9. The van der Waals surface area contributed by atoms with Crippen molar-refractivity contribution in [3.63, 3.8) is 0 Å². The molecule has 106 valence electrons. The molecule has 0 aromatic carbocycles. The number of hydrogen-bond donors (Lipinski definition) is 2. The first-order valence-corrected chi connectivity index (χ1v) is 6.62. The molecule has 1 rings (SSSR count). The number of nitrogens with one attached hydrogen (secondary N) is 1. The Bertz CT molecular complexity index is 424. The van der Waals surface area contributed by atoms with Crippen LogP contribution in [0.3, 0.4) is 0 Å². The van der Waals surface area contributed by atoms with Crippen LogP contribution >= 0.6 is 12.2 Å². The van der Waals surface area contributed by atoms with Gasteiger partial charge in [0.1, 0.15) is 18.4 Å². The molecule has 19 heavy (non-hydrogen) atoms. The molecule has 0 spiro atoms. The van der Waals surface area contributed by atoms with Crippen molar-refractivity contribution in [2.75, 3.05) is 13.1 Å². The molecule has 7 heteroatoms. The van der Waals surface area contributed by atoms with Crippen molar-refractivity contribution >= 4 is 35.0 Å². The van der Waals surface area contributed by atoms with E-state index in [2.05, 4.69) is 5.32 Å². The first-order valence-electron chi connectivity index (χ1n) is 6.21. The van der Waals surface area contributed by atoms with E-state index in [-0.39, 0.29) is 29.8 Å². The summed E-state index contributed by atoms with van der Waals surface area (Å²) in [6.45, 7) is 3.34. The second-order valence-electron chi connectivity index (χ2n) is 4.92. The Morgan fingerprint density at radius 2 is 2.05 bits per heavy atom. The van der Waals surface area contributed by atoms with E-state index in [4.69, 9.17) is 12.2 Å². The summed E-state index contributed by atoms with van der Waals surface area (Å²) in [5.41, 5.74) is 0. The standard InChI is InChI=1S/C12H18N2O4S/c1-8-4-3-5-14(8,12(17)18)11(16)7-13-10(19)6-9(2)15/h8H,3-7H2,1-2H3,(H-,13,17,18,19)/p+1/t8-,14?/m1/s1. The summed E-state index contributed by atoms with van der Waals surface area (Å²) in [6, 6.07) is -0.229. The molecule has 0 aromatic heterocycles. The molecule has 0 aliphatic carbocycles. The van der Waals surface area contributed by atoms with Gasteiger partial charge in [0.15, 0.2) is 0 Å². The molecule has 1 aliphatic rings. The monoisotopic (exact) mass is 287 g/mol. The van der Waals surface area contributed by atoms with E-state index < -0.39 is 16.5 Å². The number of hydrogen-bond acceptors (Lipinski definition) is 4. The van der Waals surface area contributed by atoms with Crippen LogP contribution in [0.25, 0.3) is 0 Å². The van der Waals surface area contributed by atoms with Crippen LogP contribution in [0.1, 0.15) is 33.1 Å². The Morgan fingerprint density at radius 1 is 1.42 bits per heavy atom. The van der Waals surface area contributed by atoms with E-state index in [1.165, 1.54) is 6.92 Å². The van der Waals surface area contributed by atoms with Crippen LogP contribution in [-0.2, 0) is 9.59 Å². The summed E-state index contributed by atoms with van der Waals surface area (Å²) < 4.78 is -0.546. The molecular formula is C12H19N2O4S+. The first kappa shape index (κ1) is 15.7. The highest BCUT2D eigenvalue weighted by Gasteiger charge is 2.52. The van der Waals surface area contributed by atoms with Gasteiger partial charge in [-0.05, 0) is 13.8 Å². The van der Waals surface area contributed by atoms with Gasteiger partial charge in [-0.15, -0.1) is 0 Å². The molecule has 1 saturated heterocycles. The van der Waals surface area contributed by atoms with Gasteiger partial charge in [-0.1, -0.05) is 12.2 Å². The van der Waals surface area contributed by atoms with E-state index in [9.17, 15) is 19.5 Å². The Kier molecular flexibility index (Phi) is 5.13. The third-order valence-corrected chi connectivity index (χ3v) is 3.81. The van der Waals surface area contributed by atoms with Gasteiger partial charge >= 0.3 is 12.0 Å². The molecule has 2 N–H and O–H groups in total. The van der Waals surface area contributed by atoms with Crippen LogP contribution < -0.4 is 5.32 Å². The van der Waals surface area contributed by atoms with E-state index in [1.807, 2.05) is 0 Å². The largest absolute Gasteiger partial charge is 0.521 e. The summed E-state index contributed by atoms with van der Waals surface area (Å²) >= 11 is 4.92. The molecular weight excluding hydrogens is 268 g/mol. The van der Waals surface area contributed by atoms with E-state index in [0.717, 1.165) is 12.8 Å². The molecule has 0 saturated carbocycles. The van der Waals surface area contributed by atoms with Gasteiger partial charge in [0.25, 0.3) is 0 Å². The SMILES string of the molecule is CC(=O)CC(=S)NCC(=O)[N+]1(C(=O)O)CCC[C@H]1C. The number of likely N-dealkylation sites (tertiary alicyclic amines) is 1. The van der Waals surface area contributed by atoms with Crippen molar-refractivity contribution in [2.45, 2.75) is 39.2 Å². The van der Waals surface area contributed by atoms with Crippen LogP contribution in [-0.4, -0.2) is 51.5 Å². The zero-order valence-corrected chi connectivity index (χ0v) is 12.0. The van der Waals surface area contributed by atoms with Crippen molar-refractivity contribution in [1.82, 2.24) is 5.32 Å². The van der Waals surface area contributed by atoms with Gasteiger partial charge in [-0.25, -0.2) is 4.79 Å². The Morgan fingerprint density at radius 3 is 2.47 bits per heavy atom. The topological polar surface area (TPSA) is 83.5 Å². The number of ketones is 1. The zero-order chi connectivity index (χ0) is 14.6. The minimum Gasteiger partial charge on any atom is -0.435 e. The minimum atomic E-state index is -1.12. The fourth-order valence-electron chi connectivity index (χ4n) is 2.44. The van der Waals surface area contributed by atoms with Crippen molar-refractivity contribution in [3.05, 3.63) is 0 Å². The summed E-state index contributed by atoms with van der Waals surface area (Å²) in [4.78, 5) is 34.8. The maximum Gasteiger partial charge on any atom is 0.521 e. The summed E-state index contributed by atoms with van der Waals surface area (Å²) in [6.07, 6.45) is 0.396. The van der Waals surface area contributed by atoms with Crippen LogP contribution in [0.2, 0.25) is 0 Å². The van der Waals surface area contributed by atoms with Crippen LogP contribution in [0.15, 0.2) is 0 Å². The molecule has 6 nitrogen and oxygen atoms in total. The Hall–Kier alpha value is -1.34. The molecule has 2 amide bonds. The Labute approximate surface area is 117 Å². The molecule has 1 fully saturated rings. The second kappa shape index (κ2) is 6.21. The predicted molar refractivity (Wildman–Crippen MR) is 72.8 cm³/mol. The maximum atomic E-state index is 12.2. The highest BCUT2D eigenvalue weighted by Crippen LogP contribution is 2.27. The van der Waals surface area contributed by atoms with Crippen molar-refractivity contribution in [1.29, 1.82) is 0 Å². The van der Waals surface area contributed by atoms with Gasteiger partial charge in [-0.2, -0.15) is 9.28 Å². The number of carbonyl (C=O) groups excluding carboxylic acids is 2. The van der Waals surface area contributed by atoms with Gasteiger partial charge in [0.2, 0.25) is 0 Å². The molecule has 0 aromatic rings. The third-order valence-electron chi connectivity index (χ3n) is 3.52. The van der Waals surface area contributed by atoms with E-state index in [0.29, 0.717) is 6.54 Å². The fraction of sp³-hybridized carbons (Fsp3) is 0.667. The number of carboxylic acid groups (broad SMARTS) is 1. The lowest BCUT2D eigenvalue weighted by Gasteiger charge is -2.29. The lowest BCUT2D eigenvalue weighted by molar-refractivity contribution is -0.791. The van der Waals surface area contributed by atoms with Crippen LogP contribution in [0.5, 0.6) is 0 Å². The Balaban J connectivity index is 2.67. The molecule has 0 radical (unpaired) electrons. The predicted octanol–water partition coefficient (Wildman–Crippen LogP) is 1.09. The van der Waals surface area contributed by atoms with Gasteiger partial charge in [0.05, 0.1) is 18.0 Å². The quantitative estimate of drug-likeness (QED) is 0.595. The first-order chi connectivity index (χ1) is 8.80. The highest BCUT2D eigenvalue weighted by molar-refractivity contribution is 7.80. The van der Waals surface area contributed by atoms with Gasteiger partial charge < -0.3 is 10.4 Å². The minimum absolute atomic E-state index is 0.0746. The average Bonchev–Trinajstić information content (AvgIpc) is 2.68. The summed E-state index contributed by atoms with van der Waals surface area (Å²) in [7, 11) is 0. The number of carbonyl (C=O) groups is 3. The molecule has 1 heterocycles. The number of Topliss-reactive ketones (excluding diaryl/α,β-unsaturated/α-hetero) is 1. The lowest BCUT2D eigenvalue weighted by Crippen LogP contribution is -2.61. The molecule has 1 aliphatic heterocycles. The van der Waals surface area contributed by atoms with E-state index in [1.54, 1.807) is 6.92 Å². The number of nitrogens with zero attached hydrogens (tertiary/aromatic N) is 1. The highest BCUT2D eigenvalue weighted by atomic mass is 32.1. The number of imide groups is 1. The smallest absolute Gasteiger partial charge is 0.435 e. The number of quaternary nitrogens is 1. The van der Waals surface area contributed by atoms with E-state index >= 15 is 0 Å². The second-order valence-corrected chi connectivity index (χ2v) is 5.41. The van der Waals surface area contributed by atoms with Crippen molar-refractivity contribution in [2.24, 2.45) is 0 Å². The van der Waals surface area contributed by atoms with Crippen LogP contribution in [0, 0.1) is 0 Å². The number of amides is 2. The number of thiocarbonyl (C=S) groups is 1. The van der Waals surface area contributed by atoms with Crippen molar-refractivity contribution < 1.29 is 24.0 Å².